The van der Waals surface area contributed by atoms with Crippen molar-refractivity contribution in [2.75, 3.05) is 18.9 Å². The molecule has 0 radical (unpaired) electrons. The van der Waals surface area contributed by atoms with Crippen molar-refractivity contribution in [1.29, 1.82) is 0 Å². The Bertz CT molecular complexity index is 1030. The van der Waals surface area contributed by atoms with Crippen molar-refractivity contribution in [1.82, 2.24) is 14.6 Å². The van der Waals surface area contributed by atoms with Gasteiger partial charge in [-0.05, 0) is 62.8 Å². The summed E-state index contributed by atoms with van der Waals surface area (Å²) in [6, 6.07) is 4.28. The fourth-order valence-corrected chi connectivity index (χ4v) is 4.39. The van der Waals surface area contributed by atoms with Gasteiger partial charge in [-0.2, -0.15) is 4.37 Å². The summed E-state index contributed by atoms with van der Waals surface area (Å²) in [5, 5.41) is 2.90. The number of aromatic nitrogens is 1. The minimum absolute atomic E-state index is 0.00235. The van der Waals surface area contributed by atoms with Crippen LogP contribution in [-0.2, 0) is 9.53 Å². The van der Waals surface area contributed by atoms with Crippen molar-refractivity contribution in [3.05, 3.63) is 46.2 Å². The van der Waals surface area contributed by atoms with Gasteiger partial charge in [-0.25, -0.2) is 4.39 Å². The molecule has 0 spiro atoms. The van der Waals surface area contributed by atoms with Crippen LogP contribution < -0.4 is 16.8 Å². The summed E-state index contributed by atoms with van der Waals surface area (Å²) < 4.78 is 23.3. The third kappa shape index (κ3) is 5.85. The molecule has 3 amide bonds. The summed E-state index contributed by atoms with van der Waals surface area (Å²) in [7, 11) is 0. The number of benzene rings is 1. The molecule has 2 aromatic rings. The number of carbonyl (C=O) groups excluding carboxylic acids is 3. The number of nitrogens with one attached hydrogen (secondary N) is 1. The minimum atomic E-state index is -1.10. The van der Waals surface area contributed by atoms with Crippen molar-refractivity contribution < 1.29 is 23.5 Å². The Hall–Kier alpha value is -3.05. The number of ether oxygens (including phenoxy) is 1. The number of hydrogen-bond acceptors (Lipinski definition) is 7. The molecule has 0 bridgehead atoms. The molecule has 1 aromatic heterocycles. The van der Waals surface area contributed by atoms with Gasteiger partial charge in [0.2, 0.25) is 5.91 Å². The van der Waals surface area contributed by atoms with Crippen LogP contribution in [0.3, 0.4) is 0 Å². The number of carbonyl (C=O) groups is 3. The van der Waals surface area contributed by atoms with E-state index < -0.39 is 35.1 Å². The number of nitrogens with two attached hydrogens (primary N) is 2. The van der Waals surface area contributed by atoms with E-state index in [1.54, 1.807) is 0 Å². The highest BCUT2D eigenvalue weighted by molar-refractivity contribution is 7.09. The largest absolute Gasteiger partial charge is 0.395 e. The molecule has 1 aliphatic rings. The Labute approximate surface area is 195 Å². The molecule has 2 heterocycles. The normalized spacial score (nSPS) is 16.9. The first-order valence-corrected chi connectivity index (χ1v) is 11.3. The third-order valence-electron chi connectivity index (χ3n) is 5.08. The van der Waals surface area contributed by atoms with E-state index in [2.05, 4.69) is 9.69 Å². The predicted molar refractivity (Wildman–Crippen MR) is 122 cm³/mol. The van der Waals surface area contributed by atoms with Crippen molar-refractivity contribution in [2.24, 2.45) is 5.73 Å². The molecule has 2 atom stereocenters. The van der Waals surface area contributed by atoms with Crippen LogP contribution in [0.2, 0.25) is 0 Å². The predicted octanol–water partition coefficient (Wildman–Crippen LogP) is 2.24. The van der Waals surface area contributed by atoms with Crippen molar-refractivity contribution in [3.8, 4) is 0 Å². The molecule has 178 valence electrons. The van der Waals surface area contributed by atoms with E-state index in [1.807, 2.05) is 20.8 Å². The highest BCUT2D eigenvalue weighted by Gasteiger charge is 2.37. The summed E-state index contributed by atoms with van der Waals surface area (Å²) in [4.78, 5) is 40.1. The molecular weight excluding hydrogens is 449 g/mol. The summed E-state index contributed by atoms with van der Waals surface area (Å²) in [6.45, 7) is 6.11. The molecule has 1 aliphatic heterocycles. The lowest BCUT2D eigenvalue weighted by Gasteiger charge is -2.34. The van der Waals surface area contributed by atoms with Crippen LogP contribution >= 0.6 is 11.5 Å². The van der Waals surface area contributed by atoms with Gasteiger partial charge in [0.25, 0.3) is 11.8 Å². The first-order chi connectivity index (χ1) is 15.5. The summed E-state index contributed by atoms with van der Waals surface area (Å²) >= 11 is 0.739. The first-order valence-electron chi connectivity index (χ1n) is 10.5. The second-order valence-corrected chi connectivity index (χ2v) is 9.70. The Morgan fingerprint density at radius 2 is 1.97 bits per heavy atom. The molecule has 0 saturated carbocycles. The molecule has 1 aromatic carbocycles. The van der Waals surface area contributed by atoms with Crippen LogP contribution in [0.5, 0.6) is 0 Å². The van der Waals surface area contributed by atoms with Gasteiger partial charge in [0.15, 0.2) is 5.69 Å². The molecule has 1 fully saturated rings. The first kappa shape index (κ1) is 24.6. The second-order valence-electron chi connectivity index (χ2n) is 8.92. The maximum atomic E-state index is 13.7. The third-order valence-corrected chi connectivity index (χ3v) is 5.94. The number of anilines is 1. The summed E-state index contributed by atoms with van der Waals surface area (Å²) in [5.74, 6) is -2.36. The molecule has 0 unspecified atom stereocenters. The van der Waals surface area contributed by atoms with E-state index in [0.29, 0.717) is 18.6 Å². The summed E-state index contributed by atoms with van der Waals surface area (Å²) in [5.41, 5.74) is 10.8. The lowest BCUT2D eigenvalue weighted by atomic mass is 10.0. The molecular formula is C22H28FN5O4S. The molecule has 11 heteroatoms. The number of halogens is 1. The second kappa shape index (κ2) is 9.84. The monoisotopic (exact) mass is 477 g/mol. The van der Waals surface area contributed by atoms with Crippen LogP contribution in [0, 0.1) is 5.82 Å². The molecule has 0 aliphatic carbocycles. The Morgan fingerprint density at radius 1 is 1.30 bits per heavy atom. The summed E-state index contributed by atoms with van der Waals surface area (Å²) in [6.07, 6.45) is 1.26. The lowest BCUT2D eigenvalue weighted by Crippen LogP contribution is -2.50. The number of nitrogen functional groups attached to an aromatic ring is 1. The SMILES string of the molecule is CC(C)(C)NC(=O)[C@@H](c1ccc(F)cc1)N(C[C@@H]1CCCO1)C(=O)c1snc(C(N)=O)c1N. The maximum Gasteiger partial charge on any atom is 0.270 e. The quantitative estimate of drug-likeness (QED) is 0.559. The zero-order chi connectivity index (χ0) is 24.3. The number of amides is 3. The van der Waals surface area contributed by atoms with Gasteiger partial charge in [-0.15, -0.1) is 0 Å². The zero-order valence-electron chi connectivity index (χ0n) is 18.8. The van der Waals surface area contributed by atoms with Gasteiger partial charge in [0, 0.05) is 18.7 Å². The average molecular weight is 478 g/mol. The van der Waals surface area contributed by atoms with E-state index in [4.69, 9.17) is 16.2 Å². The number of nitrogens with zero attached hydrogens (tertiary/aromatic N) is 2. The fourth-order valence-electron chi connectivity index (χ4n) is 3.63. The van der Waals surface area contributed by atoms with Crippen LogP contribution in [0.4, 0.5) is 10.1 Å². The van der Waals surface area contributed by atoms with Gasteiger partial charge in [-0.3, -0.25) is 14.4 Å². The van der Waals surface area contributed by atoms with Crippen LogP contribution in [0.1, 0.15) is 65.4 Å². The molecule has 9 nitrogen and oxygen atoms in total. The van der Waals surface area contributed by atoms with E-state index in [9.17, 15) is 18.8 Å². The van der Waals surface area contributed by atoms with Crippen molar-refractivity contribution >= 4 is 34.9 Å². The van der Waals surface area contributed by atoms with E-state index in [0.717, 1.165) is 18.0 Å². The van der Waals surface area contributed by atoms with E-state index >= 15 is 0 Å². The molecule has 1 saturated heterocycles. The highest BCUT2D eigenvalue weighted by Crippen LogP contribution is 2.31. The zero-order valence-corrected chi connectivity index (χ0v) is 19.6. The number of hydrogen-bond donors (Lipinski definition) is 3. The smallest absolute Gasteiger partial charge is 0.270 e. The average Bonchev–Trinajstić information content (AvgIpc) is 3.36. The number of primary amides is 1. The van der Waals surface area contributed by atoms with Gasteiger partial charge < -0.3 is 26.4 Å². The number of rotatable bonds is 7. The minimum Gasteiger partial charge on any atom is -0.395 e. The Kier molecular flexibility index (Phi) is 7.33. The van der Waals surface area contributed by atoms with Gasteiger partial charge in [0.1, 0.15) is 16.7 Å². The van der Waals surface area contributed by atoms with E-state index in [1.165, 1.54) is 29.2 Å². The Balaban J connectivity index is 2.08. The maximum absolute atomic E-state index is 13.7. The van der Waals surface area contributed by atoms with Gasteiger partial charge >= 0.3 is 0 Å². The highest BCUT2D eigenvalue weighted by atomic mass is 32.1. The van der Waals surface area contributed by atoms with Crippen LogP contribution in [0.15, 0.2) is 24.3 Å². The standard InChI is InChI=1S/C22H28FN5O4S/c1-22(2,3)26-20(30)17(12-6-8-13(23)9-7-12)28(11-14-5-4-10-32-14)21(31)18-15(24)16(19(25)29)27-33-18/h6-9,14,17H,4-5,10-11,24H2,1-3H3,(H2,25,29)(H,26,30)/t14-,17+/m0/s1. The van der Waals surface area contributed by atoms with E-state index in [-0.39, 0.29) is 28.9 Å². The van der Waals surface area contributed by atoms with Gasteiger partial charge in [0.05, 0.1) is 11.8 Å². The Morgan fingerprint density at radius 3 is 2.48 bits per heavy atom. The topological polar surface area (TPSA) is 141 Å². The van der Waals surface area contributed by atoms with Crippen LogP contribution in [-0.4, -0.2) is 51.8 Å². The fraction of sp³-hybridized carbons (Fsp3) is 0.455. The van der Waals surface area contributed by atoms with Crippen molar-refractivity contribution in [3.63, 3.8) is 0 Å². The van der Waals surface area contributed by atoms with Gasteiger partial charge in [-0.1, -0.05) is 12.1 Å². The molecule has 5 N–H and O–H groups in total. The molecule has 33 heavy (non-hydrogen) atoms. The van der Waals surface area contributed by atoms with Crippen LogP contribution in [0.25, 0.3) is 0 Å². The van der Waals surface area contributed by atoms with Crippen molar-refractivity contribution in [2.45, 2.75) is 51.3 Å². The lowest BCUT2D eigenvalue weighted by molar-refractivity contribution is -0.127. The molecule has 3 rings (SSSR count).